The van der Waals surface area contributed by atoms with E-state index < -0.39 is 0 Å². The van der Waals surface area contributed by atoms with Crippen LogP contribution in [0.1, 0.15) is 11.1 Å². The van der Waals surface area contributed by atoms with Crippen LogP contribution in [0.3, 0.4) is 0 Å². The van der Waals surface area contributed by atoms with Crippen molar-refractivity contribution in [1.29, 1.82) is 0 Å². The van der Waals surface area contributed by atoms with E-state index in [2.05, 4.69) is 22.0 Å². The molecule has 7 nitrogen and oxygen atoms in total. The molecule has 1 amide bonds. The zero-order chi connectivity index (χ0) is 20.3. The third-order valence-electron chi connectivity index (χ3n) is 5.65. The fourth-order valence-electron chi connectivity index (χ4n) is 3.98. The number of carbonyl (C=O) groups is 1. The van der Waals surface area contributed by atoms with Gasteiger partial charge in [0.2, 0.25) is 0 Å². The topological polar surface area (TPSA) is 67.8 Å². The van der Waals surface area contributed by atoms with E-state index in [1.807, 2.05) is 41.3 Å². The van der Waals surface area contributed by atoms with Crippen LogP contribution in [0.2, 0.25) is 0 Å². The third kappa shape index (κ3) is 3.80. The molecule has 0 unspecified atom stereocenters. The van der Waals surface area contributed by atoms with Crippen molar-refractivity contribution < 1.29 is 14.3 Å². The lowest BCUT2D eigenvalue weighted by atomic mass is 10.00. The van der Waals surface area contributed by atoms with Crippen molar-refractivity contribution in [2.75, 3.05) is 44.4 Å². The maximum Gasteiger partial charge on any atom is 0.260 e. The second-order valence-electron chi connectivity index (χ2n) is 7.56. The first-order chi connectivity index (χ1) is 14.8. The SMILES string of the molecule is O=C(COc1nc2ccccc2nc1N1CCOCC1)N1CCc2ccccc2C1. The predicted octanol–water partition coefficient (Wildman–Crippen LogP) is 2.43. The molecular weight excluding hydrogens is 380 g/mol. The summed E-state index contributed by atoms with van der Waals surface area (Å²) >= 11 is 0. The first kappa shape index (κ1) is 18.8. The Labute approximate surface area is 175 Å². The minimum absolute atomic E-state index is 0.0348. The van der Waals surface area contributed by atoms with E-state index in [0.717, 1.165) is 30.5 Å². The molecule has 0 radical (unpaired) electrons. The van der Waals surface area contributed by atoms with Crippen molar-refractivity contribution in [3.63, 3.8) is 0 Å². The largest absolute Gasteiger partial charge is 0.465 e. The number of hydrogen-bond acceptors (Lipinski definition) is 6. The Bertz CT molecular complexity index is 1070. The number of benzene rings is 2. The molecule has 1 aromatic heterocycles. The van der Waals surface area contributed by atoms with Gasteiger partial charge in [0.1, 0.15) is 0 Å². The van der Waals surface area contributed by atoms with E-state index >= 15 is 0 Å². The van der Waals surface area contributed by atoms with Crippen LogP contribution in [0.25, 0.3) is 11.0 Å². The molecule has 1 saturated heterocycles. The van der Waals surface area contributed by atoms with Gasteiger partial charge < -0.3 is 19.3 Å². The van der Waals surface area contributed by atoms with Crippen LogP contribution in [0.4, 0.5) is 5.82 Å². The van der Waals surface area contributed by atoms with Gasteiger partial charge in [-0.1, -0.05) is 36.4 Å². The number of morpholine rings is 1. The number of para-hydroxylation sites is 2. The number of fused-ring (bicyclic) bond motifs is 2. The summed E-state index contributed by atoms with van der Waals surface area (Å²) in [7, 11) is 0. The minimum atomic E-state index is -0.0491. The number of carbonyl (C=O) groups excluding carboxylic acids is 1. The third-order valence-corrected chi connectivity index (χ3v) is 5.65. The highest BCUT2D eigenvalue weighted by Gasteiger charge is 2.23. The molecule has 0 atom stereocenters. The molecule has 2 aromatic carbocycles. The van der Waals surface area contributed by atoms with Crippen molar-refractivity contribution in [3.05, 3.63) is 59.7 Å². The Morgan fingerprint density at radius 3 is 2.43 bits per heavy atom. The summed E-state index contributed by atoms with van der Waals surface area (Å²) < 4.78 is 11.4. The Morgan fingerprint density at radius 1 is 0.933 bits per heavy atom. The van der Waals surface area contributed by atoms with E-state index in [-0.39, 0.29) is 12.5 Å². The maximum atomic E-state index is 12.9. The number of anilines is 1. The standard InChI is InChI=1S/C23H24N4O3/c28-21(27-10-9-17-5-1-2-6-18(17)15-27)16-30-23-22(26-11-13-29-14-12-26)24-19-7-3-4-8-20(19)25-23/h1-8H,9-16H2. The average molecular weight is 404 g/mol. The van der Waals surface area contributed by atoms with Crippen LogP contribution in [0.5, 0.6) is 5.88 Å². The molecule has 3 heterocycles. The van der Waals surface area contributed by atoms with E-state index in [9.17, 15) is 4.79 Å². The van der Waals surface area contributed by atoms with E-state index in [1.165, 1.54) is 11.1 Å². The molecular formula is C23H24N4O3. The quantitative estimate of drug-likeness (QED) is 0.665. The lowest BCUT2D eigenvalue weighted by Gasteiger charge is -2.30. The molecule has 3 aromatic rings. The van der Waals surface area contributed by atoms with Crippen molar-refractivity contribution in [2.24, 2.45) is 0 Å². The lowest BCUT2D eigenvalue weighted by molar-refractivity contribution is -0.134. The summed E-state index contributed by atoms with van der Waals surface area (Å²) in [6.45, 7) is 4.00. The molecule has 1 fully saturated rings. The van der Waals surface area contributed by atoms with Crippen molar-refractivity contribution in [1.82, 2.24) is 14.9 Å². The molecule has 154 valence electrons. The van der Waals surface area contributed by atoms with Gasteiger partial charge in [-0.2, -0.15) is 0 Å². The Balaban J connectivity index is 1.35. The highest BCUT2D eigenvalue weighted by atomic mass is 16.5. The number of hydrogen-bond donors (Lipinski definition) is 0. The van der Waals surface area contributed by atoms with Crippen molar-refractivity contribution in [3.8, 4) is 5.88 Å². The maximum absolute atomic E-state index is 12.9. The summed E-state index contributed by atoms with van der Waals surface area (Å²) in [6.07, 6.45) is 0.872. The van der Waals surface area contributed by atoms with Crippen LogP contribution in [-0.2, 0) is 22.5 Å². The Hall–Kier alpha value is -3.19. The van der Waals surface area contributed by atoms with Gasteiger partial charge >= 0.3 is 0 Å². The number of aromatic nitrogens is 2. The predicted molar refractivity (Wildman–Crippen MR) is 114 cm³/mol. The fraction of sp³-hybridized carbons (Fsp3) is 0.348. The monoisotopic (exact) mass is 404 g/mol. The van der Waals surface area contributed by atoms with Crippen LogP contribution in [-0.4, -0.2) is 60.2 Å². The zero-order valence-corrected chi connectivity index (χ0v) is 16.8. The minimum Gasteiger partial charge on any atom is -0.465 e. The average Bonchev–Trinajstić information content (AvgIpc) is 2.82. The summed E-state index contributed by atoms with van der Waals surface area (Å²) in [6, 6.07) is 16.0. The van der Waals surface area contributed by atoms with Gasteiger partial charge in [0, 0.05) is 26.2 Å². The van der Waals surface area contributed by atoms with Crippen LogP contribution in [0, 0.1) is 0 Å². The van der Waals surface area contributed by atoms with Gasteiger partial charge in [-0.3, -0.25) is 4.79 Å². The molecule has 0 spiro atoms. The van der Waals surface area contributed by atoms with E-state index in [0.29, 0.717) is 38.0 Å². The van der Waals surface area contributed by atoms with Crippen LogP contribution >= 0.6 is 0 Å². The summed E-state index contributed by atoms with van der Waals surface area (Å²) in [5, 5.41) is 0. The van der Waals surface area contributed by atoms with Gasteiger partial charge in [-0.25, -0.2) is 9.97 Å². The molecule has 5 rings (SSSR count). The van der Waals surface area contributed by atoms with Crippen LogP contribution in [0.15, 0.2) is 48.5 Å². The summed E-state index contributed by atoms with van der Waals surface area (Å²) in [5.74, 6) is 1.04. The fourth-order valence-corrected chi connectivity index (χ4v) is 3.98. The smallest absolute Gasteiger partial charge is 0.260 e. The number of rotatable bonds is 4. The number of nitrogens with zero attached hydrogens (tertiary/aromatic N) is 4. The Morgan fingerprint density at radius 2 is 1.63 bits per heavy atom. The van der Waals surface area contributed by atoms with Crippen molar-refractivity contribution in [2.45, 2.75) is 13.0 Å². The number of amides is 1. The molecule has 7 heteroatoms. The molecule has 0 saturated carbocycles. The van der Waals surface area contributed by atoms with Gasteiger partial charge in [0.05, 0.1) is 24.2 Å². The van der Waals surface area contributed by atoms with E-state index in [1.54, 1.807) is 0 Å². The molecule has 0 bridgehead atoms. The second kappa shape index (κ2) is 8.28. The molecule has 0 aliphatic carbocycles. The molecule has 0 N–H and O–H groups in total. The van der Waals surface area contributed by atoms with Crippen LogP contribution < -0.4 is 9.64 Å². The summed E-state index contributed by atoms with van der Waals surface area (Å²) in [4.78, 5) is 26.3. The first-order valence-electron chi connectivity index (χ1n) is 10.3. The van der Waals surface area contributed by atoms with Crippen molar-refractivity contribution >= 4 is 22.8 Å². The normalized spacial score (nSPS) is 16.4. The van der Waals surface area contributed by atoms with Gasteiger partial charge in [0.25, 0.3) is 11.8 Å². The summed E-state index contributed by atoms with van der Waals surface area (Å²) in [5.41, 5.74) is 4.09. The number of ether oxygens (including phenoxy) is 2. The lowest BCUT2D eigenvalue weighted by Crippen LogP contribution is -2.39. The second-order valence-corrected chi connectivity index (χ2v) is 7.56. The Kier molecular flexibility index (Phi) is 5.19. The van der Waals surface area contributed by atoms with Gasteiger partial charge in [-0.05, 0) is 29.7 Å². The van der Waals surface area contributed by atoms with E-state index in [4.69, 9.17) is 14.5 Å². The first-order valence-corrected chi connectivity index (χ1v) is 10.3. The van der Waals surface area contributed by atoms with Gasteiger partial charge in [0.15, 0.2) is 12.4 Å². The highest BCUT2D eigenvalue weighted by molar-refractivity contribution is 5.80. The zero-order valence-electron chi connectivity index (χ0n) is 16.8. The van der Waals surface area contributed by atoms with Gasteiger partial charge in [-0.15, -0.1) is 0 Å². The molecule has 2 aliphatic rings. The molecule has 30 heavy (non-hydrogen) atoms. The molecule has 2 aliphatic heterocycles. The highest BCUT2D eigenvalue weighted by Crippen LogP contribution is 2.28.